The molecule has 1 heterocycles. The summed E-state index contributed by atoms with van der Waals surface area (Å²) < 4.78 is 0.919. The minimum Gasteiger partial charge on any atom is -0.354 e. The fourth-order valence-electron chi connectivity index (χ4n) is 5.15. The number of amides is 4. The van der Waals surface area contributed by atoms with Crippen LogP contribution in [0.1, 0.15) is 43.7 Å². The first-order valence-corrected chi connectivity index (χ1v) is 14.0. The molecule has 38 heavy (non-hydrogen) atoms. The van der Waals surface area contributed by atoms with E-state index in [4.69, 9.17) is 0 Å². The summed E-state index contributed by atoms with van der Waals surface area (Å²) in [6.45, 7) is 2.75. The average molecular weight is 581 g/mol. The molecule has 0 radical (unpaired) electrons. The molecule has 2 aliphatic rings. The highest BCUT2D eigenvalue weighted by molar-refractivity contribution is 9.10. The third-order valence-electron chi connectivity index (χ3n) is 7.23. The molecule has 2 aromatic carbocycles. The van der Waals surface area contributed by atoms with Crippen LogP contribution in [0, 0.1) is 11.8 Å². The Kier molecular flexibility index (Phi) is 9.50. The maximum absolute atomic E-state index is 13.8. The molecule has 1 saturated heterocycles. The van der Waals surface area contributed by atoms with E-state index < -0.39 is 6.04 Å². The van der Waals surface area contributed by atoms with E-state index in [2.05, 4.69) is 21.2 Å². The Morgan fingerprint density at radius 1 is 0.974 bits per heavy atom. The minimum atomic E-state index is -0.739. The Morgan fingerprint density at radius 2 is 1.61 bits per heavy atom. The molecule has 8 heteroatoms. The SMILES string of the molecule is CCCNC(=O)[C@@H](Cc1ccccc1)N(Cc1ccc(Br)cc1)C(=O)CCN1C(=O)[C@H]2CC=CC[C@H]2C1=O. The van der Waals surface area contributed by atoms with Crippen molar-refractivity contribution in [1.82, 2.24) is 15.1 Å². The predicted octanol–water partition coefficient (Wildman–Crippen LogP) is 4.26. The smallest absolute Gasteiger partial charge is 0.243 e. The van der Waals surface area contributed by atoms with Crippen molar-refractivity contribution in [1.29, 1.82) is 0 Å². The number of carbonyl (C=O) groups is 4. The van der Waals surface area contributed by atoms with Crippen molar-refractivity contribution in [3.05, 3.63) is 82.3 Å². The van der Waals surface area contributed by atoms with Crippen molar-refractivity contribution in [2.24, 2.45) is 11.8 Å². The number of rotatable bonds is 11. The van der Waals surface area contributed by atoms with Gasteiger partial charge in [-0.1, -0.05) is 77.5 Å². The van der Waals surface area contributed by atoms with Crippen molar-refractivity contribution >= 4 is 39.6 Å². The van der Waals surface area contributed by atoms with Crippen LogP contribution >= 0.6 is 15.9 Å². The molecule has 200 valence electrons. The number of nitrogens with one attached hydrogen (secondary N) is 1. The molecule has 1 fully saturated rings. The van der Waals surface area contributed by atoms with E-state index in [9.17, 15) is 19.2 Å². The van der Waals surface area contributed by atoms with Crippen LogP contribution in [0.15, 0.2) is 71.2 Å². The fourth-order valence-corrected chi connectivity index (χ4v) is 5.41. The molecule has 2 aromatic rings. The summed E-state index contributed by atoms with van der Waals surface area (Å²) in [7, 11) is 0. The van der Waals surface area contributed by atoms with Crippen molar-refractivity contribution in [2.75, 3.05) is 13.1 Å². The van der Waals surface area contributed by atoms with Gasteiger partial charge in [-0.15, -0.1) is 0 Å². The van der Waals surface area contributed by atoms with Gasteiger partial charge in [0.1, 0.15) is 6.04 Å². The summed E-state index contributed by atoms with van der Waals surface area (Å²) in [5.41, 5.74) is 1.83. The summed E-state index contributed by atoms with van der Waals surface area (Å²) in [5, 5.41) is 2.96. The van der Waals surface area contributed by atoms with Gasteiger partial charge in [-0.25, -0.2) is 0 Å². The molecule has 1 N–H and O–H groups in total. The normalized spacial score (nSPS) is 19.3. The second-order valence-corrected chi connectivity index (χ2v) is 10.8. The predicted molar refractivity (Wildman–Crippen MR) is 149 cm³/mol. The topological polar surface area (TPSA) is 86.8 Å². The van der Waals surface area contributed by atoms with Crippen LogP contribution in [-0.4, -0.2) is 52.6 Å². The minimum absolute atomic E-state index is 0.0228. The van der Waals surface area contributed by atoms with Gasteiger partial charge < -0.3 is 10.2 Å². The van der Waals surface area contributed by atoms with Crippen LogP contribution in [0.2, 0.25) is 0 Å². The number of nitrogens with zero attached hydrogens (tertiary/aromatic N) is 2. The Morgan fingerprint density at radius 3 is 2.21 bits per heavy atom. The van der Waals surface area contributed by atoms with Crippen LogP contribution < -0.4 is 5.32 Å². The quantitative estimate of drug-likeness (QED) is 0.318. The van der Waals surface area contributed by atoms with Crippen molar-refractivity contribution < 1.29 is 19.2 Å². The van der Waals surface area contributed by atoms with Gasteiger partial charge in [0, 0.05) is 36.9 Å². The van der Waals surface area contributed by atoms with Gasteiger partial charge in [-0.05, 0) is 42.5 Å². The summed E-state index contributed by atoms with van der Waals surface area (Å²) in [4.78, 5) is 55.9. The first kappa shape index (κ1) is 27.8. The Labute approximate surface area is 232 Å². The van der Waals surface area contributed by atoms with Gasteiger partial charge in [0.05, 0.1) is 11.8 Å². The number of fused-ring (bicyclic) bond motifs is 1. The highest BCUT2D eigenvalue weighted by Crippen LogP contribution is 2.35. The monoisotopic (exact) mass is 579 g/mol. The van der Waals surface area contributed by atoms with E-state index in [1.54, 1.807) is 4.90 Å². The molecule has 7 nitrogen and oxygen atoms in total. The van der Waals surface area contributed by atoms with Gasteiger partial charge in [-0.2, -0.15) is 0 Å². The number of hydrogen-bond donors (Lipinski definition) is 1. The number of halogens is 1. The number of allylic oxidation sites excluding steroid dienone is 2. The standard InChI is InChI=1S/C30H34BrN3O4/c1-2-17-32-28(36)26(19-21-8-4-3-5-9-21)34(20-22-12-14-23(31)15-13-22)27(35)16-18-33-29(37)24-10-6-7-11-25(24)30(33)38/h3-9,12-15,24-26H,2,10-11,16-20H2,1H3,(H,32,36)/t24-,25+,26-/m1/s1. The van der Waals surface area contributed by atoms with Gasteiger partial charge in [0.15, 0.2) is 0 Å². The molecule has 0 saturated carbocycles. The number of likely N-dealkylation sites (tertiary alicyclic amines) is 1. The molecule has 0 spiro atoms. The zero-order valence-electron chi connectivity index (χ0n) is 21.6. The number of hydrogen-bond acceptors (Lipinski definition) is 4. The maximum Gasteiger partial charge on any atom is 0.243 e. The lowest BCUT2D eigenvalue weighted by Gasteiger charge is -2.32. The van der Waals surface area contributed by atoms with Gasteiger partial charge in [0.2, 0.25) is 23.6 Å². The maximum atomic E-state index is 13.8. The van der Waals surface area contributed by atoms with Crippen LogP contribution in [-0.2, 0) is 32.1 Å². The van der Waals surface area contributed by atoms with Gasteiger partial charge in [0.25, 0.3) is 0 Å². The van der Waals surface area contributed by atoms with E-state index in [0.29, 0.717) is 25.8 Å². The molecule has 1 aliphatic heterocycles. The van der Waals surface area contributed by atoms with Gasteiger partial charge in [-0.3, -0.25) is 24.1 Å². The second-order valence-electron chi connectivity index (χ2n) is 9.88. The first-order chi connectivity index (χ1) is 18.4. The Balaban J connectivity index is 1.57. The molecule has 3 atom stereocenters. The van der Waals surface area contributed by atoms with E-state index in [1.807, 2.05) is 73.7 Å². The molecule has 4 amide bonds. The lowest BCUT2D eigenvalue weighted by Crippen LogP contribution is -2.51. The second kappa shape index (κ2) is 13.0. The van der Waals surface area contributed by atoms with E-state index in [1.165, 1.54) is 4.90 Å². The van der Waals surface area contributed by atoms with Crippen molar-refractivity contribution in [2.45, 2.75) is 51.6 Å². The zero-order valence-corrected chi connectivity index (χ0v) is 23.2. The van der Waals surface area contributed by atoms with Gasteiger partial charge >= 0.3 is 0 Å². The molecule has 1 aliphatic carbocycles. The largest absolute Gasteiger partial charge is 0.354 e. The van der Waals surface area contributed by atoms with Crippen molar-refractivity contribution in [3.8, 4) is 0 Å². The zero-order chi connectivity index (χ0) is 27.1. The van der Waals surface area contributed by atoms with E-state index in [-0.39, 0.29) is 55.0 Å². The lowest BCUT2D eigenvalue weighted by atomic mass is 9.85. The molecule has 0 aromatic heterocycles. The summed E-state index contributed by atoms with van der Waals surface area (Å²) in [6.07, 6.45) is 6.12. The molecule has 4 rings (SSSR count). The molecular weight excluding hydrogens is 546 g/mol. The van der Waals surface area contributed by atoms with Crippen LogP contribution in [0.4, 0.5) is 0 Å². The van der Waals surface area contributed by atoms with E-state index in [0.717, 1.165) is 22.0 Å². The van der Waals surface area contributed by atoms with E-state index >= 15 is 0 Å². The lowest BCUT2D eigenvalue weighted by molar-refractivity contribution is -0.144. The molecular formula is C30H34BrN3O4. The third-order valence-corrected chi connectivity index (χ3v) is 7.76. The Hall–Kier alpha value is -3.26. The van der Waals surface area contributed by atoms with Crippen LogP contribution in [0.3, 0.4) is 0 Å². The molecule has 0 bridgehead atoms. The summed E-state index contributed by atoms with van der Waals surface area (Å²) in [5.74, 6) is -1.53. The highest BCUT2D eigenvalue weighted by Gasteiger charge is 2.47. The first-order valence-electron chi connectivity index (χ1n) is 13.2. The van der Waals surface area contributed by atoms with Crippen molar-refractivity contribution in [3.63, 3.8) is 0 Å². The Bertz CT molecular complexity index is 1160. The summed E-state index contributed by atoms with van der Waals surface area (Å²) in [6, 6.07) is 16.5. The number of benzene rings is 2. The summed E-state index contributed by atoms with van der Waals surface area (Å²) >= 11 is 3.45. The number of imide groups is 1. The highest BCUT2D eigenvalue weighted by atomic mass is 79.9. The third kappa shape index (κ3) is 6.59. The van der Waals surface area contributed by atoms with Crippen LogP contribution in [0.5, 0.6) is 0 Å². The molecule has 0 unspecified atom stereocenters. The average Bonchev–Trinajstić information content (AvgIpc) is 3.18. The van der Waals surface area contributed by atoms with Crippen LogP contribution in [0.25, 0.3) is 0 Å². The number of carbonyl (C=O) groups excluding carboxylic acids is 4. The fraction of sp³-hybridized carbons (Fsp3) is 0.400.